The number of anilines is 1. The van der Waals surface area contributed by atoms with Crippen molar-refractivity contribution in [2.24, 2.45) is 5.92 Å². The van der Waals surface area contributed by atoms with Crippen LogP contribution in [0.4, 0.5) is 18.3 Å². The number of carbonyl (C=O) groups is 2. The van der Waals surface area contributed by atoms with Gasteiger partial charge in [0.25, 0.3) is 5.91 Å². The SMILES string of the molecule is COc1cnc(Cl)cc1-c1cc(C)ncc1C(=O)Nc1nc2c(s1)CN(C(=O)C1CCN(CC(F)(F)F)C1)C2. The number of alkyl halides is 3. The Labute approximate surface area is 231 Å². The molecule has 5 rings (SSSR count). The lowest BCUT2D eigenvalue weighted by molar-refractivity contribution is -0.146. The minimum absolute atomic E-state index is 0.0949. The van der Waals surface area contributed by atoms with E-state index in [1.807, 2.05) is 0 Å². The zero-order chi connectivity index (χ0) is 27.9. The molecule has 0 aliphatic carbocycles. The van der Waals surface area contributed by atoms with Crippen LogP contribution in [0.25, 0.3) is 11.1 Å². The molecule has 1 saturated heterocycles. The molecule has 1 fully saturated rings. The molecule has 2 aliphatic rings. The number of carbonyl (C=O) groups excluding carboxylic acids is 2. The van der Waals surface area contributed by atoms with E-state index >= 15 is 0 Å². The van der Waals surface area contributed by atoms with Gasteiger partial charge in [0.15, 0.2) is 5.13 Å². The minimum Gasteiger partial charge on any atom is -0.494 e. The van der Waals surface area contributed by atoms with E-state index in [9.17, 15) is 22.8 Å². The van der Waals surface area contributed by atoms with Crippen molar-refractivity contribution in [3.63, 3.8) is 0 Å². The Morgan fingerprint density at radius 3 is 2.72 bits per heavy atom. The Hall–Kier alpha value is -3.29. The maximum absolute atomic E-state index is 13.3. The van der Waals surface area contributed by atoms with Crippen molar-refractivity contribution in [2.45, 2.75) is 32.6 Å². The summed E-state index contributed by atoms with van der Waals surface area (Å²) >= 11 is 7.37. The summed E-state index contributed by atoms with van der Waals surface area (Å²) in [6, 6.07) is 3.37. The number of pyridine rings is 2. The number of hydrogen-bond donors (Lipinski definition) is 1. The van der Waals surface area contributed by atoms with Gasteiger partial charge < -0.3 is 9.64 Å². The van der Waals surface area contributed by atoms with Crippen LogP contribution in [-0.2, 0) is 17.9 Å². The van der Waals surface area contributed by atoms with Gasteiger partial charge in [0.2, 0.25) is 5.91 Å². The molecule has 0 aromatic carbocycles. The van der Waals surface area contributed by atoms with Crippen molar-refractivity contribution in [2.75, 3.05) is 32.1 Å². The van der Waals surface area contributed by atoms with Crippen LogP contribution >= 0.6 is 22.9 Å². The topological polar surface area (TPSA) is 101 Å². The molecule has 1 atom stereocenters. The van der Waals surface area contributed by atoms with Gasteiger partial charge in [-0.25, -0.2) is 9.97 Å². The average molecular weight is 581 g/mol. The fraction of sp³-hybridized carbons (Fsp3) is 0.400. The Balaban J connectivity index is 1.27. The number of nitrogens with zero attached hydrogens (tertiary/aromatic N) is 5. The van der Waals surface area contributed by atoms with E-state index in [-0.39, 0.29) is 36.3 Å². The van der Waals surface area contributed by atoms with E-state index in [1.54, 1.807) is 24.0 Å². The van der Waals surface area contributed by atoms with Crippen molar-refractivity contribution < 1.29 is 27.5 Å². The standard InChI is InChI=1S/C25H24ClF3N6O3S/c1-13-5-15(16-6-21(26)31-8-19(16)38-2)17(7-30-13)22(36)33-24-32-18-10-35(11-20(18)39-24)23(37)14-3-4-34(9-14)12-25(27,28)29/h5-8,14H,3-4,9-12H2,1-2H3,(H,32,33,36). The van der Waals surface area contributed by atoms with Crippen LogP contribution < -0.4 is 10.1 Å². The molecule has 3 aromatic heterocycles. The number of ether oxygens (including phenoxy) is 1. The summed E-state index contributed by atoms with van der Waals surface area (Å²) in [7, 11) is 1.50. The number of amides is 2. The number of halogens is 4. The smallest absolute Gasteiger partial charge is 0.401 e. The number of nitrogens with one attached hydrogen (secondary N) is 1. The van der Waals surface area contributed by atoms with Gasteiger partial charge in [-0.2, -0.15) is 13.2 Å². The molecule has 1 N–H and O–H groups in total. The second-order valence-corrected chi connectivity index (χ2v) is 10.9. The van der Waals surface area contributed by atoms with Crippen LogP contribution in [0.1, 0.15) is 33.0 Å². The first kappa shape index (κ1) is 27.3. The van der Waals surface area contributed by atoms with Crippen LogP contribution in [0.5, 0.6) is 5.75 Å². The van der Waals surface area contributed by atoms with E-state index in [1.165, 1.54) is 35.7 Å². The van der Waals surface area contributed by atoms with E-state index in [2.05, 4.69) is 20.3 Å². The number of fused-ring (bicyclic) bond motifs is 1. The highest BCUT2D eigenvalue weighted by Gasteiger charge is 2.39. The monoisotopic (exact) mass is 580 g/mol. The molecule has 9 nitrogen and oxygen atoms in total. The summed E-state index contributed by atoms with van der Waals surface area (Å²) in [6.07, 6.45) is -0.937. The van der Waals surface area contributed by atoms with Gasteiger partial charge in [-0.05, 0) is 32.0 Å². The van der Waals surface area contributed by atoms with Crippen LogP contribution in [-0.4, -0.2) is 69.5 Å². The summed E-state index contributed by atoms with van der Waals surface area (Å²) in [5, 5.41) is 3.44. The molecule has 3 aromatic rings. The van der Waals surface area contributed by atoms with Crippen molar-refractivity contribution >= 4 is 39.9 Å². The zero-order valence-corrected chi connectivity index (χ0v) is 22.6. The molecule has 39 heavy (non-hydrogen) atoms. The van der Waals surface area contributed by atoms with E-state index in [0.29, 0.717) is 46.4 Å². The predicted octanol–water partition coefficient (Wildman–Crippen LogP) is 4.55. The molecule has 0 bridgehead atoms. The van der Waals surface area contributed by atoms with Crippen LogP contribution in [0.15, 0.2) is 24.5 Å². The largest absolute Gasteiger partial charge is 0.494 e. The Morgan fingerprint density at radius 1 is 1.21 bits per heavy atom. The van der Waals surface area contributed by atoms with Gasteiger partial charge in [0, 0.05) is 29.6 Å². The fourth-order valence-corrected chi connectivity index (χ4v) is 6.00. The summed E-state index contributed by atoms with van der Waals surface area (Å²) in [6.45, 7) is 1.69. The lowest BCUT2D eigenvalue weighted by Gasteiger charge is -2.21. The summed E-state index contributed by atoms with van der Waals surface area (Å²) in [5.41, 5.74) is 2.80. The van der Waals surface area contributed by atoms with Gasteiger partial charge in [0.05, 0.1) is 55.0 Å². The van der Waals surface area contributed by atoms with Gasteiger partial charge in [-0.3, -0.25) is 24.8 Å². The molecular weight excluding hydrogens is 557 g/mol. The molecule has 1 unspecified atom stereocenters. The Kier molecular flexibility index (Phi) is 7.49. The van der Waals surface area contributed by atoms with Crippen molar-refractivity contribution in [3.8, 4) is 16.9 Å². The first-order chi connectivity index (χ1) is 18.5. The highest BCUT2D eigenvalue weighted by molar-refractivity contribution is 7.16. The third-order valence-electron chi connectivity index (χ3n) is 6.64. The number of thiazole rings is 1. The normalized spacial score (nSPS) is 17.4. The maximum atomic E-state index is 13.3. The Morgan fingerprint density at radius 2 is 2.00 bits per heavy atom. The van der Waals surface area contributed by atoms with Crippen molar-refractivity contribution in [3.05, 3.63) is 51.5 Å². The molecule has 2 amide bonds. The molecular formula is C25H24ClF3N6O3S. The summed E-state index contributed by atoms with van der Waals surface area (Å²) in [4.78, 5) is 42.7. The third kappa shape index (κ3) is 5.99. The molecule has 5 heterocycles. The second-order valence-electron chi connectivity index (χ2n) is 9.45. The lowest BCUT2D eigenvalue weighted by atomic mass is 10.0. The fourth-order valence-electron chi connectivity index (χ4n) is 4.86. The predicted molar refractivity (Wildman–Crippen MR) is 139 cm³/mol. The third-order valence-corrected chi connectivity index (χ3v) is 7.84. The molecule has 2 aliphatic heterocycles. The molecule has 14 heteroatoms. The molecule has 0 radical (unpaired) electrons. The van der Waals surface area contributed by atoms with Crippen LogP contribution in [0.3, 0.4) is 0 Å². The highest BCUT2D eigenvalue weighted by atomic mass is 35.5. The average Bonchev–Trinajstić information content (AvgIpc) is 3.58. The van der Waals surface area contributed by atoms with Crippen LogP contribution in [0, 0.1) is 12.8 Å². The van der Waals surface area contributed by atoms with Gasteiger partial charge in [-0.1, -0.05) is 22.9 Å². The number of methoxy groups -OCH3 is 1. The maximum Gasteiger partial charge on any atom is 0.401 e. The van der Waals surface area contributed by atoms with Gasteiger partial charge in [0.1, 0.15) is 10.9 Å². The van der Waals surface area contributed by atoms with E-state index in [0.717, 1.165) is 4.88 Å². The lowest BCUT2D eigenvalue weighted by Crippen LogP contribution is -2.36. The molecule has 0 spiro atoms. The number of aryl methyl sites for hydroxylation is 1. The molecule has 206 valence electrons. The zero-order valence-electron chi connectivity index (χ0n) is 21.0. The number of aromatic nitrogens is 3. The quantitative estimate of drug-likeness (QED) is 0.427. The van der Waals surface area contributed by atoms with E-state index in [4.69, 9.17) is 16.3 Å². The first-order valence-electron chi connectivity index (χ1n) is 12.0. The highest BCUT2D eigenvalue weighted by Crippen LogP contribution is 2.36. The second kappa shape index (κ2) is 10.7. The van der Waals surface area contributed by atoms with Gasteiger partial charge >= 0.3 is 6.18 Å². The molecule has 0 saturated carbocycles. The van der Waals surface area contributed by atoms with Crippen LogP contribution in [0.2, 0.25) is 5.15 Å². The minimum atomic E-state index is -4.28. The summed E-state index contributed by atoms with van der Waals surface area (Å²) < 4.78 is 43.5. The van der Waals surface area contributed by atoms with E-state index < -0.39 is 24.5 Å². The Bertz CT molecular complexity index is 1410. The van der Waals surface area contributed by atoms with Gasteiger partial charge in [-0.15, -0.1) is 0 Å². The number of hydrogen-bond acceptors (Lipinski definition) is 8. The summed E-state index contributed by atoms with van der Waals surface area (Å²) in [5.74, 6) is -0.619. The number of rotatable bonds is 6. The number of likely N-dealkylation sites (tertiary alicyclic amines) is 1. The van der Waals surface area contributed by atoms with Crippen molar-refractivity contribution in [1.29, 1.82) is 0 Å². The first-order valence-corrected chi connectivity index (χ1v) is 13.2. The van der Waals surface area contributed by atoms with Crippen molar-refractivity contribution in [1.82, 2.24) is 24.8 Å².